The van der Waals surface area contributed by atoms with Gasteiger partial charge >= 0.3 is 0 Å². The van der Waals surface area contributed by atoms with E-state index < -0.39 is 5.82 Å². The zero-order valence-corrected chi connectivity index (χ0v) is 14.9. The van der Waals surface area contributed by atoms with Crippen LogP contribution in [0.15, 0.2) is 60.9 Å². The second-order valence-electron chi connectivity index (χ2n) is 5.97. The standard InChI is InChI=1S/C21H17FN4O/c1-23-21-17-10-15(13-5-7-16(27-2)8-6-13)11-18(22)19(17)25-20(26-21)14-4-3-9-24-12-14/h3-12H,1-2H3,(H,23,25,26). The summed E-state index contributed by atoms with van der Waals surface area (Å²) in [5.74, 6) is 1.34. The lowest BCUT2D eigenvalue weighted by Crippen LogP contribution is -2.01. The first-order valence-electron chi connectivity index (χ1n) is 8.43. The Morgan fingerprint density at radius 2 is 1.78 bits per heavy atom. The van der Waals surface area contributed by atoms with Gasteiger partial charge in [0.05, 0.1) is 7.11 Å². The van der Waals surface area contributed by atoms with E-state index in [-0.39, 0.29) is 5.52 Å². The Balaban J connectivity index is 1.89. The summed E-state index contributed by atoms with van der Waals surface area (Å²) in [6, 6.07) is 14.5. The molecule has 0 aliphatic carbocycles. The van der Waals surface area contributed by atoms with E-state index in [1.807, 2.05) is 36.4 Å². The van der Waals surface area contributed by atoms with Crippen molar-refractivity contribution in [3.05, 3.63) is 66.7 Å². The van der Waals surface area contributed by atoms with Crippen molar-refractivity contribution in [1.82, 2.24) is 15.0 Å². The van der Waals surface area contributed by atoms with E-state index >= 15 is 0 Å². The summed E-state index contributed by atoms with van der Waals surface area (Å²) in [5, 5.41) is 3.67. The van der Waals surface area contributed by atoms with Crippen molar-refractivity contribution in [1.29, 1.82) is 0 Å². The molecule has 134 valence electrons. The number of benzene rings is 2. The molecule has 2 aromatic heterocycles. The minimum absolute atomic E-state index is 0.269. The quantitative estimate of drug-likeness (QED) is 0.579. The molecular formula is C21H17FN4O. The number of nitrogens with zero attached hydrogens (tertiary/aromatic N) is 3. The number of ether oxygens (including phenoxy) is 1. The molecule has 0 amide bonds. The van der Waals surface area contributed by atoms with Crippen molar-refractivity contribution >= 4 is 16.7 Å². The van der Waals surface area contributed by atoms with Gasteiger partial charge in [-0.2, -0.15) is 0 Å². The van der Waals surface area contributed by atoms with Crippen LogP contribution in [0.2, 0.25) is 0 Å². The van der Waals surface area contributed by atoms with Gasteiger partial charge in [-0.15, -0.1) is 0 Å². The molecule has 2 heterocycles. The summed E-state index contributed by atoms with van der Waals surface area (Å²) in [4.78, 5) is 13.1. The van der Waals surface area contributed by atoms with Crippen LogP contribution < -0.4 is 10.1 Å². The fourth-order valence-electron chi connectivity index (χ4n) is 2.96. The Morgan fingerprint density at radius 1 is 0.963 bits per heavy atom. The van der Waals surface area contributed by atoms with Gasteiger partial charge in [-0.05, 0) is 47.5 Å². The topological polar surface area (TPSA) is 59.9 Å². The summed E-state index contributed by atoms with van der Waals surface area (Å²) in [6.45, 7) is 0. The predicted molar refractivity (Wildman–Crippen MR) is 104 cm³/mol. The summed E-state index contributed by atoms with van der Waals surface area (Å²) in [6.07, 6.45) is 3.33. The van der Waals surface area contributed by atoms with Crippen molar-refractivity contribution in [2.45, 2.75) is 0 Å². The maximum absolute atomic E-state index is 14.9. The van der Waals surface area contributed by atoms with Crippen LogP contribution in [0.4, 0.5) is 10.2 Å². The lowest BCUT2D eigenvalue weighted by molar-refractivity contribution is 0.415. The molecule has 4 rings (SSSR count). The van der Waals surface area contributed by atoms with Gasteiger partial charge in [0.1, 0.15) is 22.9 Å². The molecule has 0 saturated carbocycles. The summed E-state index contributed by atoms with van der Waals surface area (Å²) in [7, 11) is 3.37. The lowest BCUT2D eigenvalue weighted by atomic mass is 10.0. The maximum Gasteiger partial charge on any atom is 0.163 e. The normalized spacial score (nSPS) is 10.8. The lowest BCUT2D eigenvalue weighted by Gasteiger charge is -2.11. The maximum atomic E-state index is 14.9. The molecule has 0 spiro atoms. The average Bonchev–Trinajstić information content (AvgIpc) is 2.73. The van der Waals surface area contributed by atoms with Crippen LogP contribution in [-0.4, -0.2) is 29.1 Å². The second-order valence-corrected chi connectivity index (χ2v) is 5.97. The van der Waals surface area contributed by atoms with Gasteiger partial charge < -0.3 is 10.1 Å². The molecule has 0 saturated heterocycles. The molecule has 1 N–H and O–H groups in total. The largest absolute Gasteiger partial charge is 0.497 e. The van der Waals surface area contributed by atoms with E-state index in [4.69, 9.17) is 4.74 Å². The van der Waals surface area contributed by atoms with E-state index in [1.165, 1.54) is 6.07 Å². The Labute approximate surface area is 155 Å². The van der Waals surface area contributed by atoms with Crippen molar-refractivity contribution < 1.29 is 9.13 Å². The first-order valence-corrected chi connectivity index (χ1v) is 8.43. The van der Waals surface area contributed by atoms with Crippen LogP contribution in [-0.2, 0) is 0 Å². The van der Waals surface area contributed by atoms with Crippen molar-refractivity contribution in [2.24, 2.45) is 0 Å². The molecule has 0 bridgehead atoms. The molecule has 27 heavy (non-hydrogen) atoms. The van der Waals surface area contributed by atoms with Gasteiger partial charge in [-0.1, -0.05) is 12.1 Å². The number of pyridine rings is 1. The number of methoxy groups -OCH3 is 1. The van der Waals surface area contributed by atoms with Gasteiger partial charge in [-0.3, -0.25) is 4.98 Å². The summed E-state index contributed by atoms with van der Waals surface area (Å²) in [5.41, 5.74) is 2.63. The molecule has 0 aliphatic rings. The zero-order chi connectivity index (χ0) is 18.8. The Bertz CT molecular complexity index is 1100. The number of halogens is 1. The second kappa shape index (κ2) is 6.99. The number of rotatable bonds is 4. The van der Waals surface area contributed by atoms with Crippen molar-refractivity contribution in [2.75, 3.05) is 19.5 Å². The highest BCUT2D eigenvalue weighted by Gasteiger charge is 2.14. The van der Waals surface area contributed by atoms with E-state index in [1.54, 1.807) is 32.6 Å². The number of hydrogen-bond acceptors (Lipinski definition) is 5. The highest BCUT2D eigenvalue weighted by Crippen LogP contribution is 2.32. The third-order valence-corrected chi connectivity index (χ3v) is 4.33. The van der Waals surface area contributed by atoms with Crippen LogP contribution >= 0.6 is 0 Å². The molecule has 0 radical (unpaired) electrons. The van der Waals surface area contributed by atoms with Gasteiger partial charge in [0.25, 0.3) is 0 Å². The van der Waals surface area contributed by atoms with Crippen LogP contribution in [0.1, 0.15) is 0 Å². The first kappa shape index (κ1) is 16.9. The molecule has 5 nitrogen and oxygen atoms in total. The smallest absolute Gasteiger partial charge is 0.163 e. The average molecular weight is 360 g/mol. The number of fused-ring (bicyclic) bond motifs is 1. The molecule has 4 aromatic rings. The van der Waals surface area contributed by atoms with Gasteiger partial charge in [0, 0.05) is 30.4 Å². The molecule has 6 heteroatoms. The van der Waals surface area contributed by atoms with Crippen LogP contribution in [0.5, 0.6) is 5.75 Å². The van der Waals surface area contributed by atoms with E-state index in [2.05, 4.69) is 20.3 Å². The Morgan fingerprint density at radius 3 is 2.44 bits per heavy atom. The number of hydrogen-bond donors (Lipinski definition) is 1. The third kappa shape index (κ3) is 3.17. The molecule has 0 atom stereocenters. The number of aromatic nitrogens is 3. The fourth-order valence-corrected chi connectivity index (χ4v) is 2.96. The zero-order valence-electron chi connectivity index (χ0n) is 14.9. The monoisotopic (exact) mass is 360 g/mol. The van der Waals surface area contributed by atoms with Gasteiger partial charge in [0.15, 0.2) is 5.82 Å². The first-order chi connectivity index (χ1) is 13.2. The number of anilines is 1. The van der Waals surface area contributed by atoms with E-state index in [0.29, 0.717) is 17.0 Å². The van der Waals surface area contributed by atoms with Gasteiger partial charge in [-0.25, -0.2) is 14.4 Å². The summed E-state index contributed by atoms with van der Waals surface area (Å²) >= 11 is 0. The molecular weight excluding hydrogens is 343 g/mol. The van der Waals surface area contributed by atoms with Crippen molar-refractivity contribution in [3.63, 3.8) is 0 Å². The highest BCUT2D eigenvalue weighted by atomic mass is 19.1. The minimum Gasteiger partial charge on any atom is -0.497 e. The van der Waals surface area contributed by atoms with Crippen molar-refractivity contribution in [3.8, 4) is 28.3 Å². The Hall–Kier alpha value is -3.54. The third-order valence-electron chi connectivity index (χ3n) is 4.33. The summed E-state index contributed by atoms with van der Waals surface area (Å²) < 4.78 is 20.1. The van der Waals surface area contributed by atoms with E-state index in [0.717, 1.165) is 22.4 Å². The van der Waals surface area contributed by atoms with Crippen LogP contribution in [0, 0.1) is 5.82 Å². The Kier molecular flexibility index (Phi) is 4.38. The predicted octanol–water partition coefficient (Wildman–Crippen LogP) is 4.55. The fraction of sp³-hybridized carbons (Fsp3) is 0.0952. The molecule has 0 fully saturated rings. The highest BCUT2D eigenvalue weighted by molar-refractivity contribution is 5.94. The molecule has 0 unspecified atom stereocenters. The molecule has 0 aliphatic heterocycles. The van der Waals surface area contributed by atoms with Crippen LogP contribution in [0.3, 0.4) is 0 Å². The van der Waals surface area contributed by atoms with E-state index in [9.17, 15) is 4.39 Å². The van der Waals surface area contributed by atoms with Crippen LogP contribution in [0.25, 0.3) is 33.4 Å². The minimum atomic E-state index is -0.401. The SMILES string of the molecule is CNc1nc(-c2cccnc2)nc2c(F)cc(-c3ccc(OC)cc3)cc12. The number of nitrogens with one attached hydrogen (secondary N) is 1. The molecule has 2 aromatic carbocycles. The van der Waals surface area contributed by atoms with Gasteiger partial charge in [0.2, 0.25) is 0 Å².